The van der Waals surface area contributed by atoms with Crippen molar-refractivity contribution < 1.29 is 0 Å². The second kappa shape index (κ2) is 5.49. The van der Waals surface area contributed by atoms with Gasteiger partial charge in [-0.05, 0) is 53.6 Å². The van der Waals surface area contributed by atoms with E-state index in [2.05, 4.69) is 64.8 Å². The van der Waals surface area contributed by atoms with E-state index in [4.69, 9.17) is 0 Å². The van der Waals surface area contributed by atoms with Gasteiger partial charge >= 0.3 is 0 Å². The molecule has 1 N–H and O–H groups in total. The van der Waals surface area contributed by atoms with Crippen LogP contribution >= 0.6 is 11.3 Å². The Balaban J connectivity index is 1.72. The zero-order chi connectivity index (χ0) is 13.1. The molecular weight excluding hydrogens is 252 g/mol. The van der Waals surface area contributed by atoms with Gasteiger partial charge in [-0.1, -0.05) is 6.92 Å². The number of fused-ring (bicyclic) bond motifs is 1. The van der Waals surface area contributed by atoms with Gasteiger partial charge in [-0.15, -0.1) is 11.3 Å². The van der Waals surface area contributed by atoms with Crippen LogP contribution in [0, 0.1) is 0 Å². The lowest BCUT2D eigenvalue weighted by Crippen LogP contribution is -2.06. The number of rotatable bonds is 5. The first-order chi connectivity index (χ1) is 9.36. The molecule has 0 saturated heterocycles. The Hall–Kier alpha value is -1.74. The van der Waals surface area contributed by atoms with Crippen LogP contribution in [0.2, 0.25) is 0 Å². The van der Waals surface area contributed by atoms with Crippen LogP contribution in [0.3, 0.4) is 0 Å². The van der Waals surface area contributed by atoms with Gasteiger partial charge in [-0.25, -0.2) is 0 Å². The van der Waals surface area contributed by atoms with Crippen molar-refractivity contribution >= 4 is 27.1 Å². The summed E-state index contributed by atoms with van der Waals surface area (Å²) >= 11 is 1.79. The zero-order valence-corrected chi connectivity index (χ0v) is 11.9. The monoisotopic (exact) mass is 270 g/mol. The molecule has 0 spiro atoms. The number of nitrogens with zero attached hydrogens (tertiary/aromatic N) is 1. The van der Waals surface area contributed by atoms with Gasteiger partial charge < -0.3 is 9.88 Å². The first kappa shape index (κ1) is 12.3. The maximum absolute atomic E-state index is 3.51. The maximum atomic E-state index is 3.51. The summed E-state index contributed by atoms with van der Waals surface area (Å²) in [7, 11) is 0. The van der Waals surface area contributed by atoms with Crippen molar-refractivity contribution in [1.82, 2.24) is 4.57 Å². The molecule has 2 aromatic heterocycles. The summed E-state index contributed by atoms with van der Waals surface area (Å²) in [5, 5.41) is 6.97. The van der Waals surface area contributed by atoms with E-state index in [-0.39, 0.29) is 0 Å². The molecule has 0 bridgehead atoms. The maximum Gasteiger partial charge on any atom is 0.0553 e. The topological polar surface area (TPSA) is 17.0 Å². The summed E-state index contributed by atoms with van der Waals surface area (Å²) in [6.45, 7) is 4.18. The SMILES string of the molecule is CCCn1cccc1CNc1ccc2sccc2c1. The number of benzene rings is 1. The first-order valence-electron chi connectivity index (χ1n) is 6.72. The summed E-state index contributed by atoms with van der Waals surface area (Å²) in [5.74, 6) is 0. The molecule has 2 nitrogen and oxygen atoms in total. The highest BCUT2D eigenvalue weighted by Gasteiger charge is 2.01. The highest BCUT2D eigenvalue weighted by Crippen LogP contribution is 2.24. The molecule has 0 fully saturated rings. The second-order valence-corrected chi connectivity index (χ2v) is 5.67. The fourth-order valence-electron chi connectivity index (χ4n) is 2.34. The van der Waals surface area contributed by atoms with E-state index in [1.807, 2.05) is 0 Å². The molecule has 2 heterocycles. The lowest BCUT2D eigenvalue weighted by molar-refractivity contribution is 0.654. The van der Waals surface area contributed by atoms with Gasteiger partial charge in [0, 0.05) is 28.8 Å². The van der Waals surface area contributed by atoms with E-state index in [0.29, 0.717) is 0 Å². The predicted octanol–water partition coefficient (Wildman–Crippen LogP) is 4.72. The van der Waals surface area contributed by atoms with Crippen molar-refractivity contribution in [3.63, 3.8) is 0 Å². The Morgan fingerprint density at radius 1 is 1.21 bits per heavy atom. The smallest absolute Gasteiger partial charge is 0.0553 e. The number of thiophene rings is 1. The molecule has 19 heavy (non-hydrogen) atoms. The average molecular weight is 270 g/mol. The molecular formula is C16H18N2S. The Morgan fingerprint density at radius 2 is 2.16 bits per heavy atom. The quantitative estimate of drug-likeness (QED) is 0.709. The number of aryl methyl sites for hydroxylation is 1. The predicted molar refractivity (Wildman–Crippen MR) is 83.9 cm³/mol. The Labute approximate surface area is 117 Å². The van der Waals surface area contributed by atoms with E-state index in [1.54, 1.807) is 11.3 Å². The normalized spacial score (nSPS) is 11.0. The van der Waals surface area contributed by atoms with Crippen LogP contribution in [0.4, 0.5) is 5.69 Å². The number of hydrogen-bond acceptors (Lipinski definition) is 2. The van der Waals surface area contributed by atoms with E-state index >= 15 is 0 Å². The van der Waals surface area contributed by atoms with Crippen LogP contribution < -0.4 is 5.32 Å². The third kappa shape index (κ3) is 2.66. The van der Waals surface area contributed by atoms with Crippen LogP contribution in [0.1, 0.15) is 19.0 Å². The van der Waals surface area contributed by atoms with Crippen molar-refractivity contribution in [2.75, 3.05) is 5.32 Å². The molecule has 3 aromatic rings. The number of nitrogens with one attached hydrogen (secondary N) is 1. The fourth-order valence-corrected chi connectivity index (χ4v) is 3.11. The van der Waals surface area contributed by atoms with E-state index in [0.717, 1.165) is 13.1 Å². The summed E-state index contributed by atoms with van der Waals surface area (Å²) in [4.78, 5) is 0. The average Bonchev–Trinajstić information content (AvgIpc) is 3.05. The lowest BCUT2D eigenvalue weighted by atomic mass is 10.2. The summed E-state index contributed by atoms with van der Waals surface area (Å²) in [6, 6.07) is 13.0. The van der Waals surface area contributed by atoms with Crippen molar-refractivity contribution in [1.29, 1.82) is 0 Å². The summed E-state index contributed by atoms with van der Waals surface area (Å²) in [6.07, 6.45) is 3.32. The van der Waals surface area contributed by atoms with Crippen LogP contribution in [0.5, 0.6) is 0 Å². The van der Waals surface area contributed by atoms with Crippen molar-refractivity contribution in [2.45, 2.75) is 26.4 Å². The molecule has 1 aromatic carbocycles. The lowest BCUT2D eigenvalue weighted by Gasteiger charge is -2.10. The molecule has 3 heteroatoms. The Kier molecular flexibility index (Phi) is 3.56. The summed E-state index contributed by atoms with van der Waals surface area (Å²) < 4.78 is 3.66. The van der Waals surface area contributed by atoms with Gasteiger partial charge in [-0.3, -0.25) is 0 Å². The zero-order valence-electron chi connectivity index (χ0n) is 11.1. The molecule has 0 radical (unpaired) electrons. The van der Waals surface area contributed by atoms with Gasteiger partial charge in [0.2, 0.25) is 0 Å². The minimum Gasteiger partial charge on any atom is -0.379 e. The number of anilines is 1. The van der Waals surface area contributed by atoms with E-state index in [9.17, 15) is 0 Å². The molecule has 0 atom stereocenters. The van der Waals surface area contributed by atoms with E-state index < -0.39 is 0 Å². The van der Waals surface area contributed by atoms with Crippen LogP contribution in [0.25, 0.3) is 10.1 Å². The second-order valence-electron chi connectivity index (χ2n) is 4.72. The standard InChI is InChI=1S/C16H18N2S/c1-2-8-18-9-3-4-15(18)12-17-14-5-6-16-13(11-14)7-10-19-16/h3-7,9-11,17H,2,8,12H2,1H3. The largest absolute Gasteiger partial charge is 0.379 e. The minimum atomic E-state index is 0.878. The third-order valence-corrected chi connectivity index (χ3v) is 4.21. The fraction of sp³-hybridized carbons (Fsp3) is 0.250. The highest BCUT2D eigenvalue weighted by atomic mass is 32.1. The Bertz CT molecular complexity index is 666. The molecule has 0 amide bonds. The molecule has 3 rings (SSSR count). The van der Waals surface area contributed by atoms with Crippen LogP contribution in [0.15, 0.2) is 48.0 Å². The molecule has 0 aliphatic carbocycles. The van der Waals surface area contributed by atoms with Gasteiger partial charge in [0.25, 0.3) is 0 Å². The number of aromatic nitrogens is 1. The minimum absolute atomic E-state index is 0.878. The molecule has 0 saturated carbocycles. The van der Waals surface area contributed by atoms with Gasteiger partial charge in [0.1, 0.15) is 0 Å². The summed E-state index contributed by atoms with van der Waals surface area (Å²) in [5.41, 5.74) is 2.53. The molecule has 0 unspecified atom stereocenters. The van der Waals surface area contributed by atoms with Crippen molar-refractivity contribution in [3.05, 3.63) is 53.7 Å². The van der Waals surface area contributed by atoms with E-state index in [1.165, 1.54) is 27.9 Å². The van der Waals surface area contributed by atoms with Crippen LogP contribution in [-0.2, 0) is 13.1 Å². The first-order valence-corrected chi connectivity index (χ1v) is 7.60. The molecule has 0 aliphatic heterocycles. The highest BCUT2D eigenvalue weighted by molar-refractivity contribution is 7.17. The third-order valence-electron chi connectivity index (χ3n) is 3.31. The van der Waals surface area contributed by atoms with Crippen LogP contribution in [-0.4, -0.2) is 4.57 Å². The van der Waals surface area contributed by atoms with Gasteiger partial charge in [0.15, 0.2) is 0 Å². The molecule has 0 aliphatic rings. The van der Waals surface area contributed by atoms with Gasteiger partial charge in [0.05, 0.1) is 6.54 Å². The van der Waals surface area contributed by atoms with Gasteiger partial charge in [-0.2, -0.15) is 0 Å². The molecule has 98 valence electrons. The Morgan fingerprint density at radius 3 is 3.05 bits per heavy atom. The van der Waals surface area contributed by atoms with Crippen molar-refractivity contribution in [2.24, 2.45) is 0 Å². The van der Waals surface area contributed by atoms with Crippen molar-refractivity contribution in [3.8, 4) is 0 Å². The number of hydrogen-bond donors (Lipinski definition) is 1.